The topological polar surface area (TPSA) is 81.4 Å². The lowest BCUT2D eigenvalue weighted by Crippen LogP contribution is -2.30. The summed E-state index contributed by atoms with van der Waals surface area (Å²) in [5.74, 6) is -0.00706. The highest BCUT2D eigenvalue weighted by molar-refractivity contribution is 7.88. The fourth-order valence-corrected chi connectivity index (χ4v) is 3.79. The summed E-state index contributed by atoms with van der Waals surface area (Å²) in [6.45, 7) is 0.905. The van der Waals surface area contributed by atoms with E-state index in [1.165, 1.54) is 4.31 Å². The van der Waals surface area contributed by atoms with E-state index in [4.69, 9.17) is 10.4 Å². The van der Waals surface area contributed by atoms with Crippen molar-refractivity contribution >= 4 is 10.0 Å². The van der Waals surface area contributed by atoms with Crippen LogP contribution in [0.5, 0.6) is 0 Å². The molecule has 0 radical (unpaired) electrons. The maximum absolute atomic E-state index is 12.2. The van der Waals surface area contributed by atoms with Crippen LogP contribution in [-0.4, -0.2) is 37.5 Å². The van der Waals surface area contributed by atoms with Crippen LogP contribution in [0.4, 0.5) is 0 Å². The number of rotatable bonds is 4. The highest BCUT2D eigenvalue weighted by Crippen LogP contribution is 2.21. The van der Waals surface area contributed by atoms with E-state index < -0.39 is 10.0 Å². The fraction of sp³-hybridized carbons (Fsp3) is 0.462. The molecule has 1 aromatic carbocycles. The standard InChI is InChI=1S/C13H16N2O3S/c14-7-11-1-3-12(4-2-11)10-19(17,18)15-6-5-13(8-15)9-16/h1-4,13,16H,5-6,8-10H2. The summed E-state index contributed by atoms with van der Waals surface area (Å²) < 4.78 is 25.8. The molecule has 1 saturated heterocycles. The number of hydrogen-bond acceptors (Lipinski definition) is 4. The Labute approximate surface area is 113 Å². The molecule has 1 aliphatic heterocycles. The molecule has 1 atom stereocenters. The maximum Gasteiger partial charge on any atom is 0.218 e. The number of sulfonamides is 1. The first kappa shape index (κ1) is 14.0. The zero-order chi connectivity index (χ0) is 13.9. The number of aliphatic hydroxyl groups excluding tert-OH is 1. The molecular formula is C13H16N2O3S. The van der Waals surface area contributed by atoms with Crippen LogP contribution in [0.25, 0.3) is 0 Å². The Bertz CT molecular complexity index is 575. The predicted octanol–water partition coefficient (Wildman–Crippen LogP) is 0.702. The van der Waals surface area contributed by atoms with Crippen molar-refractivity contribution in [3.63, 3.8) is 0 Å². The molecule has 2 rings (SSSR count). The summed E-state index contributed by atoms with van der Waals surface area (Å²) in [5, 5.41) is 17.7. The van der Waals surface area contributed by atoms with E-state index in [0.717, 1.165) is 0 Å². The van der Waals surface area contributed by atoms with Crippen molar-refractivity contribution in [3.05, 3.63) is 35.4 Å². The van der Waals surface area contributed by atoms with Gasteiger partial charge in [0.2, 0.25) is 10.0 Å². The van der Waals surface area contributed by atoms with Crippen molar-refractivity contribution in [2.45, 2.75) is 12.2 Å². The van der Waals surface area contributed by atoms with E-state index in [1.807, 2.05) is 6.07 Å². The predicted molar refractivity (Wildman–Crippen MR) is 70.5 cm³/mol. The molecule has 0 amide bonds. The van der Waals surface area contributed by atoms with Gasteiger partial charge in [0.05, 0.1) is 17.4 Å². The average molecular weight is 280 g/mol. The molecule has 0 saturated carbocycles. The summed E-state index contributed by atoms with van der Waals surface area (Å²) in [4.78, 5) is 0. The molecule has 1 fully saturated rings. The van der Waals surface area contributed by atoms with E-state index in [2.05, 4.69) is 0 Å². The second-order valence-electron chi connectivity index (χ2n) is 4.76. The van der Waals surface area contributed by atoms with E-state index in [1.54, 1.807) is 24.3 Å². The third-order valence-corrected chi connectivity index (χ3v) is 5.15. The maximum atomic E-state index is 12.2. The van der Waals surface area contributed by atoms with Crippen LogP contribution in [0, 0.1) is 17.2 Å². The first-order valence-corrected chi connectivity index (χ1v) is 7.74. The molecule has 19 heavy (non-hydrogen) atoms. The van der Waals surface area contributed by atoms with Crippen LogP contribution in [0.2, 0.25) is 0 Å². The van der Waals surface area contributed by atoms with Crippen molar-refractivity contribution in [2.75, 3.05) is 19.7 Å². The van der Waals surface area contributed by atoms with Gasteiger partial charge in [-0.25, -0.2) is 12.7 Å². The molecule has 1 aromatic rings. The molecule has 1 unspecified atom stereocenters. The molecule has 0 aliphatic carbocycles. The van der Waals surface area contributed by atoms with Gasteiger partial charge in [0.15, 0.2) is 0 Å². The van der Waals surface area contributed by atoms with Gasteiger partial charge in [0.1, 0.15) is 0 Å². The molecule has 0 bridgehead atoms. The van der Waals surface area contributed by atoms with Crippen molar-refractivity contribution in [2.24, 2.45) is 5.92 Å². The molecule has 1 heterocycles. The lowest BCUT2D eigenvalue weighted by molar-refractivity contribution is 0.233. The van der Waals surface area contributed by atoms with E-state index in [-0.39, 0.29) is 18.3 Å². The smallest absolute Gasteiger partial charge is 0.218 e. The van der Waals surface area contributed by atoms with Gasteiger partial charge in [-0.1, -0.05) is 12.1 Å². The van der Waals surface area contributed by atoms with Gasteiger partial charge in [-0.2, -0.15) is 5.26 Å². The van der Waals surface area contributed by atoms with Gasteiger partial charge in [-0.15, -0.1) is 0 Å². The molecule has 6 heteroatoms. The van der Waals surface area contributed by atoms with E-state index in [0.29, 0.717) is 30.6 Å². The Morgan fingerprint density at radius 3 is 2.58 bits per heavy atom. The van der Waals surface area contributed by atoms with Crippen LogP contribution in [0.3, 0.4) is 0 Å². The van der Waals surface area contributed by atoms with Gasteiger partial charge >= 0.3 is 0 Å². The second-order valence-corrected chi connectivity index (χ2v) is 6.73. The highest BCUT2D eigenvalue weighted by Gasteiger charge is 2.30. The van der Waals surface area contributed by atoms with Crippen LogP contribution in [0.15, 0.2) is 24.3 Å². The first-order chi connectivity index (χ1) is 9.05. The normalized spacial score (nSPS) is 20.3. The van der Waals surface area contributed by atoms with Crippen LogP contribution < -0.4 is 0 Å². The third kappa shape index (κ3) is 3.32. The zero-order valence-corrected chi connectivity index (χ0v) is 11.3. The quantitative estimate of drug-likeness (QED) is 0.880. The Kier molecular flexibility index (Phi) is 4.20. The number of benzene rings is 1. The number of hydrogen-bond donors (Lipinski definition) is 1. The SMILES string of the molecule is N#Cc1ccc(CS(=O)(=O)N2CCC(CO)C2)cc1. The summed E-state index contributed by atoms with van der Waals surface area (Å²) in [5.41, 5.74) is 1.19. The minimum atomic E-state index is -3.34. The summed E-state index contributed by atoms with van der Waals surface area (Å²) >= 11 is 0. The molecule has 5 nitrogen and oxygen atoms in total. The minimum absolute atomic E-state index is 0.0306. The lowest BCUT2D eigenvalue weighted by atomic mass is 10.1. The third-order valence-electron chi connectivity index (χ3n) is 3.33. The Balaban J connectivity index is 2.07. The number of aliphatic hydroxyl groups is 1. The summed E-state index contributed by atoms with van der Waals surface area (Å²) in [6, 6.07) is 8.56. The Morgan fingerprint density at radius 2 is 2.05 bits per heavy atom. The first-order valence-electron chi connectivity index (χ1n) is 6.13. The zero-order valence-electron chi connectivity index (χ0n) is 10.5. The molecule has 1 N–H and O–H groups in total. The highest BCUT2D eigenvalue weighted by atomic mass is 32.2. The summed E-state index contributed by atoms with van der Waals surface area (Å²) in [7, 11) is -3.34. The Hall–Kier alpha value is -1.42. The average Bonchev–Trinajstić information content (AvgIpc) is 2.89. The van der Waals surface area contributed by atoms with Crippen molar-refractivity contribution < 1.29 is 13.5 Å². The summed E-state index contributed by atoms with van der Waals surface area (Å²) in [6.07, 6.45) is 0.711. The lowest BCUT2D eigenvalue weighted by Gasteiger charge is -2.16. The van der Waals surface area contributed by atoms with Crippen molar-refractivity contribution in [1.82, 2.24) is 4.31 Å². The van der Waals surface area contributed by atoms with Gasteiger partial charge < -0.3 is 5.11 Å². The molecular weight excluding hydrogens is 264 g/mol. The van der Waals surface area contributed by atoms with Crippen molar-refractivity contribution in [3.8, 4) is 6.07 Å². The monoisotopic (exact) mass is 280 g/mol. The van der Waals surface area contributed by atoms with Gasteiger partial charge in [-0.3, -0.25) is 0 Å². The van der Waals surface area contributed by atoms with E-state index in [9.17, 15) is 8.42 Å². The fourth-order valence-electron chi connectivity index (χ4n) is 2.18. The van der Waals surface area contributed by atoms with Gasteiger partial charge in [0.25, 0.3) is 0 Å². The second kappa shape index (κ2) is 5.70. The molecule has 1 aliphatic rings. The molecule has 0 spiro atoms. The number of nitriles is 1. The van der Waals surface area contributed by atoms with Crippen LogP contribution >= 0.6 is 0 Å². The Morgan fingerprint density at radius 1 is 1.37 bits per heavy atom. The minimum Gasteiger partial charge on any atom is -0.396 e. The van der Waals surface area contributed by atoms with Gasteiger partial charge in [-0.05, 0) is 30.0 Å². The van der Waals surface area contributed by atoms with E-state index >= 15 is 0 Å². The number of nitrogens with zero attached hydrogens (tertiary/aromatic N) is 2. The van der Waals surface area contributed by atoms with Crippen molar-refractivity contribution in [1.29, 1.82) is 5.26 Å². The molecule has 0 aromatic heterocycles. The molecule has 102 valence electrons. The van der Waals surface area contributed by atoms with Crippen LogP contribution in [0.1, 0.15) is 17.5 Å². The largest absolute Gasteiger partial charge is 0.396 e. The van der Waals surface area contributed by atoms with Crippen LogP contribution in [-0.2, 0) is 15.8 Å². The van der Waals surface area contributed by atoms with Gasteiger partial charge in [0, 0.05) is 19.7 Å².